The number of hydrogen-bond donors (Lipinski definition) is 1. The van der Waals surface area contributed by atoms with Crippen molar-refractivity contribution in [2.24, 2.45) is 11.8 Å². The van der Waals surface area contributed by atoms with Gasteiger partial charge >= 0.3 is 0 Å². The number of hydrogen-bond acceptors (Lipinski definition) is 3. The third kappa shape index (κ3) is 19.8. The van der Waals surface area contributed by atoms with Crippen molar-refractivity contribution in [3.63, 3.8) is 0 Å². The molecule has 1 aromatic rings. The van der Waals surface area contributed by atoms with Crippen molar-refractivity contribution in [3.05, 3.63) is 90.3 Å². The van der Waals surface area contributed by atoms with Gasteiger partial charge in [-0.15, -0.1) is 26.0 Å². The fourth-order valence-electron chi connectivity index (χ4n) is 6.01. The van der Waals surface area contributed by atoms with Crippen LogP contribution in [0.15, 0.2) is 84.7 Å². The van der Waals surface area contributed by atoms with Crippen LogP contribution < -0.4 is 9.80 Å². The number of quaternary nitrogens is 1. The molecular weight excluding hydrogens is 615 g/mol. The molecule has 2 saturated heterocycles. The average Bonchev–Trinajstić information content (AvgIpc) is 3.72. The maximum absolute atomic E-state index is 13.9. The molecule has 2 unspecified atom stereocenters. The maximum atomic E-state index is 13.9. The Bertz CT molecular complexity index is 1170. The summed E-state index contributed by atoms with van der Waals surface area (Å²) in [6.07, 6.45) is 27.7. The van der Waals surface area contributed by atoms with Gasteiger partial charge < -0.3 is 14.5 Å². The van der Waals surface area contributed by atoms with E-state index in [1.807, 2.05) is 18.7 Å². The number of aryl methyl sites for hydroxylation is 1. The number of nitrogens with zero attached hydrogens (tertiary/aromatic N) is 2. The summed E-state index contributed by atoms with van der Waals surface area (Å²) < 4.78 is 5.86. The third-order valence-corrected chi connectivity index (χ3v) is 8.35. The number of nitrogens with one attached hydrogen (secondary N) is 1. The zero-order valence-electron chi connectivity index (χ0n) is 34.2. The van der Waals surface area contributed by atoms with Crippen molar-refractivity contribution in [1.29, 1.82) is 0 Å². The van der Waals surface area contributed by atoms with Gasteiger partial charge in [-0.2, -0.15) is 0 Å². The Balaban J connectivity index is 0. The summed E-state index contributed by atoms with van der Waals surface area (Å²) >= 11 is 0. The molecule has 3 rings (SSSR count). The van der Waals surface area contributed by atoms with Gasteiger partial charge in [0, 0.05) is 31.2 Å². The predicted molar refractivity (Wildman–Crippen MR) is 222 cm³/mol. The Morgan fingerprint density at radius 2 is 1.80 bits per heavy atom. The van der Waals surface area contributed by atoms with Gasteiger partial charge in [0.2, 0.25) is 5.91 Å². The van der Waals surface area contributed by atoms with Crippen LogP contribution in [0.5, 0.6) is 0 Å². The van der Waals surface area contributed by atoms with E-state index in [1.54, 1.807) is 0 Å². The monoisotopic (exact) mass is 691 g/mol. The van der Waals surface area contributed by atoms with Gasteiger partial charge in [-0.25, -0.2) is 0 Å². The van der Waals surface area contributed by atoms with E-state index >= 15 is 0 Å². The first-order chi connectivity index (χ1) is 24.1. The summed E-state index contributed by atoms with van der Waals surface area (Å²) in [6.45, 7) is 26.2. The molecule has 0 bridgehead atoms. The molecular formula is C45H76N3O2+. The fraction of sp³-hybridized carbons (Fsp3) is 0.578. The summed E-state index contributed by atoms with van der Waals surface area (Å²) in [7, 11) is 6.25. The number of carbonyl (C=O) groups is 1. The third-order valence-electron chi connectivity index (χ3n) is 8.35. The highest BCUT2D eigenvalue weighted by Gasteiger charge is 2.34. The van der Waals surface area contributed by atoms with E-state index in [0.29, 0.717) is 24.4 Å². The Hall–Kier alpha value is -3.33. The molecule has 2 atom stereocenters. The van der Waals surface area contributed by atoms with Gasteiger partial charge in [-0.3, -0.25) is 9.69 Å². The minimum Gasteiger partial charge on any atom is -0.493 e. The zero-order chi connectivity index (χ0) is 38.5. The second-order valence-corrected chi connectivity index (χ2v) is 13.4. The molecule has 1 aromatic carbocycles. The lowest BCUT2D eigenvalue weighted by Gasteiger charge is -2.29. The van der Waals surface area contributed by atoms with Crippen LogP contribution >= 0.6 is 0 Å². The minimum atomic E-state index is 0.231. The SMILES string of the molecule is C#C.C/C=C\C=C(\CCC1CC(C/C=C2/CCO/C2=C/CC)CN1CC(=O)N(CCCC)c1cccc(C)c1)C(C)C.C=C.CC.C[NH+](C)C. The number of unbranched alkanes of at least 4 members (excludes halogenated alkanes) is 1. The van der Waals surface area contributed by atoms with Crippen molar-refractivity contribution < 1.29 is 14.4 Å². The number of terminal acetylenes is 1. The molecule has 0 spiro atoms. The molecule has 282 valence electrons. The number of ether oxygens (including phenoxy) is 1. The van der Waals surface area contributed by atoms with Crippen molar-refractivity contribution in [2.75, 3.05) is 52.3 Å². The number of allylic oxidation sites excluding steroid dienone is 7. The van der Waals surface area contributed by atoms with Crippen LogP contribution in [-0.4, -0.2) is 64.2 Å². The van der Waals surface area contributed by atoms with Gasteiger partial charge in [0.25, 0.3) is 0 Å². The van der Waals surface area contributed by atoms with E-state index < -0.39 is 0 Å². The Morgan fingerprint density at radius 1 is 1.14 bits per heavy atom. The summed E-state index contributed by atoms with van der Waals surface area (Å²) in [5.41, 5.74) is 5.09. The predicted octanol–water partition coefficient (Wildman–Crippen LogP) is 9.63. The van der Waals surface area contributed by atoms with Crippen LogP contribution in [0.3, 0.4) is 0 Å². The summed E-state index contributed by atoms with van der Waals surface area (Å²) in [4.78, 5) is 19.8. The molecule has 1 N–H and O–H groups in total. The second-order valence-electron chi connectivity index (χ2n) is 13.4. The number of rotatable bonds is 14. The number of carbonyl (C=O) groups excluding carboxylic acids is 1. The lowest BCUT2D eigenvalue weighted by molar-refractivity contribution is -0.836. The number of amides is 1. The van der Waals surface area contributed by atoms with Gasteiger partial charge in [0.05, 0.1) is 34.3 Å². The van der Waals surface area contributed by atoms with Gasteiger partial charge in [-0.1, -0.05) is 90.0 Å². The number of anilines is 1. The smallest absolute Gasteiger partial charge is 0.241 e. The Labute approximate surface area is 310 Å². The van der Waals surface area contributed by atoms with Crippen molar-refractivity contribution in [2.45, 2.75) is 113 Å². The molecule has 0 aromatic heterocycles. The molecule has 0 saturated carbocycles. The Morgan fingerprint density at radius 3 is 2.36 bits per heavy atom. The molecule has 1 amide bonds. The van der Waals surface area contributed by atoms with E-state index in [2.05, 4.69) is 148 Å². The first-order valence-electron chi connectivity index (χ1n) is 19.1. The first-order valence-corrected chi connectivity index (χ1v) is 19.1. The fourth-order valence-corrected chi connectivity index (χ4v) is 6.01. The lowest BCUT2D eigenvalue weighted by Crippen LogP contribution is -3.02. The van der Waals surface area contributed by atoms with Crippen LogP contribution in [0.4, 0.5) is 5.69 Å². The number of benzene rings is 1. The maximum Gasteiger partial charge on any atom is 0.241 e. The van der Waals surface area contributed by atoms with Crippen molar-refractivity contribution >= 4 is 11.6 Å². The quantitative estimate of drug-likeness (QED) is 0.120. The van der Waals surface area contributed by atoms with Gasteiger partial charge in [-0.05, 0) is 93.6 Å². The second kappa shape index (κ2) is 30.5. The normalized spacial score (nSPS) is 18.7. The highest BCUT2D eigenvalue weighted by molar-refractivity contribution is 5.94. The molecule has 2 aliphatic rings. The van der Waals surface area contributed by atoms with E-state index in [1.165, 1.54) is 21.6 Å². The van der Waals surface area contributed by atoms with Gasteiger partial charge in [0.1, 0.15) is 5.76 Å². The molecule has 50 heavy (non-hydrogen) atoms. The van der Waals surface area contributed by atoms with Crippen LogP contribution in [0, 0.1) is 31.6 Å². The van der Waals surface area contributed by atoms with Crippen LogP contribution in [-0.2, 0) is 9.53 Å². The Kier molecular flexibility index (Phi) is 29.7. The van der Waals surface area contributed by atoms with Gasteiger partial charge in [0.15, 0.2) is 0 Å². The van der Waals surface area contributed by atoms with E-state index in [9.17, 15) is 4.79 Å². The number of likely N-dealkylation sites (tertiary alicyclic amines) is 1. The summed E-state index contributed by atoms with van der Waals surface area (Å²) in [5.74, 6) is 2.42. The van der Waals surface area contributed by atoms with Crippen LogP contribution in [0.2, 0.25) is 0 Å². The average molecular weight is 691 g/mol. The lowest BCUT2D eigenvalue weighted by atomic mass is 9.93. The molecule has 2 aliphatic heterocycles. The van der Waals surface area contributed by atoms with Crippen molar-refractivity contribution in [3.8, 4) is 12.8 Å². The largest absolute Gasteiger partial charge is 0.493 e. The standard InChI is InChI=1S/C36H54N2O2.C3H9N.C2H6.C2H4.C2H2/c1-7-10-15-31(28(4)5)19-20-33-25-30(17-18-32-21-23-40-35(32)13-9-3)26-37(33)27-36(39)38(22-11-8-2)34-16-12-14-29(6)24-34;1-4(2)3;3*1-2/h7,10,12-16,18,24,28,30,33H,8-9,11,17,19-23,25-27H2,1-6H3;1-3H3;1-2H3;1-2H2;1-2H/p+1/b10-7-,31-15-,32-18-,35-13+;;;;. The van der Waals surface area contributed by atoms with Crippen LogP contribution in [0.25, 0.3) is 0 Å². The highest BCUT2D eigenvalue weighted by Crippen LogP contribution is 2.33. The highest BCUT2D eigenvalue weighted by atomic mass is 16.5. The molecule has 2 heterocycles. The van der Waals surface area contributed by atoms with E-state index in [4.69, 9.17) is 4.74 Å². The van der Waals surface area contributed by atoms with Crippen LogP contribution in [0.1, 0.15) is 105 Å². The first kappa shape index (κ1) is 48.8. The summed E-state index contributed by atoms with van der Waals surface area (Å²) in [5, 5.41) is 0. The summed E-state index contributed by atoms with van der Waals surface area (Å²) in [6, 6.07) is 8.83. The zero-order valence-corrected chi connectivity index (χ0v) is 34.2. The minimum absolute atomic E-state index is 0.231. The molecule has 2 fully saturated rings. The molecule has 5 heteroatoms. The van der Waals surface area contributed by atoms with E-state index in [-0.39, 0.29) is 5.91 Å². The molecule has 0 aliphatic carbocycles. The molecule has 5 nitrogen and oxygen atoms in total. The topological polar surface area (TPSA) is 37.2 Å². The molecule has 0 radical (unpaired) electrons. The van der Waals surface area contributed by atoms with E-state index in [0.717, 1.165) is 82.5 Å². The van der Waals surface area contributed by atoms with Crippen molar-refractivity contribution in [1.82, 2.24) is 4.90 Å².